The molecule has 162 valence electrons. The highest BCUT2D eigenvalue weighted by Gasteiger charge is 2.20. The Labute approximate surface area is 184 Å². The lowest BCUT2D eigenvalue weighted by atomic mass is 10.0. The van der Waals surface area contributed by atoms with Gasteiger partial charge in [0.1, 0.15) is 5.01 Å². The van der Waals surface area contributed by atoms with Crippen LogP contribution in [0.1, 0.15) is 31.0 Å². The van der Waals surface area contributed by atoms with Gasteiger partial charge >= 0.3 is 5.76 Å². The second-order valence-electron chi connectivity index (χ2n) is 7.79. The smallest absolute Gasteiger partial charge is 0.408 e. The molecular weight excluding hydrogens is 434 g/mol. The Bertz CT molecular complexity index is 1390. The molecule has 7 nitrogen and oxygen atoms in total. The van der Waals surface area contributed by atoms with E-state index in [-0.39, 0.29) is 17.0 Å². The molecule has 0 N–H and O–H groups in total. The van der Waals surface area contributed by atoms with Crippen LogP contribution >= 0.6 is 11.3 Å². The highest BCUT2D eigenvalue weighted by Crippen LogP contribution is 2.27. The average Bonchev–Trinajstić information content (AvgIpc) is 3.32. The second-order valence-corrected chi connectivity index (χ2v) is 10.8. The number of rotatable bonds is 6. The van der Waals surface area contributed by atoms with Gasteiger partial charge < -0.3 is 4.42 Å². The molecule has 0 bridgehead atoms. The molecule has 0 unspecified atom stereocenters. The third-order valence-corrected chi connectivity index (χ3v) is 7.87. The molecule has 2 aromatic heterocycles. The van der Waals surface area contributed by atoms with Crippen LogP contribution in [-0.2, 0) is 16.6 Å². The number of hydrogen-bond donors (Lipinski definition) is 0. The van der Waals surface area contributed by atoms with Crippen LogP contribution in [0.3, 0.4) is 0 Å². The maximum atomic E-state index is 12.4. The maximum Gasteiger partial charge on any atom is 0.420 e. The summed E-state index contributed by atoms with van der Waals surface area (Å²) < 4.78 is 32.6. The lowest BCUT2D eigenvalue weighted by Crippen LogP contribution is -2.22. The molecule has 2 heterocycles. The minimum atomic E-state index is -3.62. The summed E-state index contributed by atoms with van der Waals surface area (Å²) in [4.78, 5) is 17.2. The highest BCUT2D eigenvalue weighted by atomic mass is 32.2. The van der Waals surface area contributed by atoms with E-state index in [1.165, 1.54) is 47.7 Å². The van der Waals surface area contributed by atoms with Gasteiger partial charge in [0.15, 0.2) is 5.58 Å². The summed E-state index contributed by atoms with van der Waals surface area (Å²) in [6.45, 7) is 4.55. The zero-order valence-corrected chi connectivity index (χ0v) is 19.3. The quantitative estimate of drug-likeness (QED) is 0.434. The van der Waals surface area contributed by atoms with Crippen molar-refractivity contribution in [3.63, 3.8) is 0 Å². The van der Waals surface area contributed by atoms with E-state index in [0.29, 0.717) is 11.4 Å². The molecule has 9 heteroatoms. The summed E-state index contributed by atoms with van der Waals surface area (Å²) in [6.07, 6.45) is 0. The molecule has 0 fully saturated rings. The number of sulfonamides is 1. The van der Waals surface area contributed by atoms with Gasteiger partial charge in [-0.2, -0.15) is 0 Å². The molecule has 0 saturated carbocycles. The van der Waals surface area contributed by atoms with Crippen molar-refractivity contribution in [2.75, 3.05) is 14.1 Å². The Balaban J connectivity index is 1.64. The molecule has 4 aromatic rings. The lowest BCUT2D eigenvalue weighted by molar-refractivity contribution is 0.512. The van der Waals surface area contributed by atoms with Crippen LogP contribution in [0.4, 0.5) is 0 Å². The Morgan fingerprint density at radius 1 is 1.13 bits per heavy atom. The largest absolute Gasteiger partial charge is 0.420 e. The van der Waals surface area contributed by atoms with Crippen molar-refractivity contribution >= 4 is 32.5 Å². The first-order valence-corrected chi connectivity index (χ1v) is 12.1. The first-order chi connectivity index (χ1) is 14.7. The van der Waals surface area contributed by atoms with E-state index < -0.39 is 15.8 Å². The van der Waals surface area contributed by atoms with Gasteiger partial charge in [-0.1, -0.05) is 38.1 Å². The second kappa shape index (κ2) is 8.07. The molecule has 0 amide bonds. The van der Waals surface area contributed by atoms with Gasteiger partial charge in [-0.3, -0.25) is 4.57 Å². The van der Waals surface area contributed by atoms with E-state index >= 15 is 0 Å². The van der Waals surface area contributed by atoms with Crippen LogP contribution in [-0.4, -0.2) is 36.4 Å². The molecular formula is C22H23N3O4S2. The predicted octanol–water partition coefficient (Wildman–Crippen LogP) is 4.14. The van der Waals surface area contributed by atoms with Crippen LogP contribution in [0.2, 0.25) is 0 Å². The van der Waals surface area contributed by atoms with Gasteiger partial charge in [0.25, 0.3) is 0 Å². The van der Waals surface area contributed by atoms with Crippen molar-refractivity contribution in [3.8, 4) is 10.6 Å². The monoisotopic (exact) mass is 457 g/mol. The lowest BCUT2D eigenvalue weighted by Gasteiger charge is -2.10. The summed E-state index contributed by atoms with van der Waals surface area (Å²) >= 11 is 1.52. The summed E-state index contributed by atoms with van der Waals surface area (Å²) in [5, 5.41) is 2.80. The average molecular weight is 458 g/mol. The molecule has 0 aliphatic heterocycles. The van der Waals surface area contributed by atoms with Crippen LogP contribution in [0.15, 0.2) is 62.0 Å². The van der Waals surface area contributed by atoms with Crippen molar-refractivity contribution in [2.24, 2.45) is 0 Å². The molecule has 4 rings (SSSR count). The molecule has 31 heavy (non-hydrogen) atoms. The fourth-order valence-electron chi connectivity index (χ4n) is 3.25. The van der Waals surface area contributed by atoms with Gasteiger partial charge in [0.05, 0.1) is 22.7 Å². The number of hydrogen-bond acceptors (Lipinski definition) is 6. The van der Waals surface area contributed by atoms with Crippen molar-refractivity contribution in [2.45, 2.75) is 31.2 Å². The van der Waals surface area contributed by atoms with E-state index in [4.69, 9.17) is 4.42 Å². The fraction of sp³-hybridized carbons (Fsp3) is 0.273. The minimum absolute atomic E-state index is 0.0756. The number of thiazole rings is 1. The van der Waals surface area contributed by atoms with Gasteiger partial charge in [-0.25, -0.2) is 22.5 Å². The predicted molar refractivity (Wildman–Crippen MR) is 122 cm³/mol. The highest BCUT2D eigenvalue weighted by molar-refractivity contribution is 7.89. The van der Waals surface area contributed by atoms with Crippen molar-refractivity contribution in [1.29, 1.82) is 0 Å². The number of aromatic nitrogens is 2. The maximum absolute atomic E-state index is 12.4. The molecule has 0 saturated heterocycles. The van der Waals surface area contributed by atoms with Gasteiger partial charge in [0.2, 0.25) is 10.0 Å². The summed E-state index contributed by atoms with van der Waals surface area (Å²) in [7, 11) is -0.705. The Hall–Kier alpha value is -2.75. The first-order valence-electron chi connectivity index (χ1n) is 9.77. The molecule has 0 aliphatic rings. The van der Waals surface area contributed by atoms with E-state index in [2.05, 4.69) is 43.1 Å². The summed E-state index contributed by atoms with van der Waals surface area (Å²) in [6, 6.07) is 12.8. The van der Waals surface area contributed by atoms with E-state index in [0.717, 1.165) is 20.6 Å². The zero-order valence-electron chi connectivity index (χ0n) is 17.7. The van der Waals surface area contributed by atoms with Gasteiger partial charge in [-0.15, -0.1) is 11.3 Å². The molecule has 0 aliphatic carbocycles. The Morgan fingerprint density at radius 2 is 1.84 bits per heavy atom. The Morgan fingerprint density at radius 3 is 2.48 bits per heavy atom. The van der Waals surface area contributed by atoms with Crippen LogP contribution in [0.5, 0.6) is 0 Å². The van der Waals surface area contributed by atoms with E-state index in [1.54, 1.807) is 6.07 Å². The van der Waals surface area contributed by atoms with Crippen molar-refractivity contribution < 1.29 is 12.8 Å². The summed E-state index contributed by atoms with van der Waals surface area (Å²) in [5.41, 5.74) is 3.80. The third kappa shape index (κ3) is 4.08. The number of oxazole rings is 1. The standard InChI is InChI=1S/C22H23N3O4S2/c1-14(2)15-5-7-16(8-6-15)21-23-17(13-30-21)12-25-19-10-9-18(31(27,28)24(3)4)11-20(19)29-22(25)26/h5-11,13-14H,12H2,1-4H3. The van der Waals surface area contributed by atoms with E-state index in [9.17, 15) is 13.2 Å². The van der Waals surface area contributed by atoms with Gasteiger partial charge in [-0.05, 0) is 23.6 Å². The minimum Gasteiger partial charge on any atom is -0.408 e. The van der Waals surface area contributed by atoms with Crippen molar-refractivity contribution in [1.82, 2.24) is 13.9 Å². The zero-order chi connectivity index (χ0) is 22.3. The number of nitrogens with zero attached hydrogens (tertiary/aromatic N) is 3. The molecule has 0 spiro atoms. The SMILES string of the molecule is CC(C)c1ccc(-c2nc(Cn3c(=O)oc4cc(S(=O)(=O)N(C)C)ccc43)cs2)cc1. The third-order valence-electron chi connectivity index (χ3n) is 5.11. The van der Waals surface area contributed by atoms with Crippen LogP contribution in [0.25, 0.3) is 21.7 Å². The van der Waals surface area contributed by atoms with E-state index in [1.807, 2.05) is 5.38 Å². The van der Waals surface area contributed by atoms with Gasteiger partial charge in [0, 0.05) is 31.1 Å². The molecule has 0 atom stereocenters. The summed E-state index contributed by atoms with van der Waals surface area (Å²) in [5.74, 6) is -0.0828. The van der Waals surface area contributed by atoms with Crippen molar-refractivity contribution in [3.05, 3.63) is 69.7 Å². The normalized spacial score (nSPS) is 12.3. The van der Waals surface area contributed by atoms with Crippen LogP contribution in [0, 0.1) is 0 Å². The molecule has 2 aromatic carbocycles. The first kappa shape index (κ1) is 21.5. The molecule has 0 radical (unpaired) electrons. The fourth-order valence-corrected chi connectivity index (χ4v) is 4.99. The number of benzene rings is 2. The Kier molecular flexibility index (Phi) is 5.59. The topological polar surface area (TPSA) is 85.4 Å². The number of fused-ring (bicyclic) bond motifs is 1. The van der Waals surface area contributed by atoms with Crippen LogP contribution < -0.4 is 5.76 Å².